The van der Waals surface area contributed by atoms with E-state index in [0.29, 0.717) is 11.3 Å². The van der Waals surface area contributed by atoms with Crippen LogP contribution in [-0.2, 0) is 5.92 Å². The fourth-order valence-corrected chi connectivity index (χ4v) is 4.22. The van der Waals surface area contributed by atoms with E-state index in [1.165, 1.54) is 24.4 Å². The van der Waals surface area contributed by atoms with Crippen LogP contribution in [0.25, 0.3) is 10.2 Å². The Bertz CT molecular complexity index is 747. The summed E-state index contributed by atoms with van der Waals surface area (Å²) in [5.41, 5.74) is 0.255. The first kappa shape index (κ1) is 23.3. The minimum atomic E-state index is -3.06. The molecule has 28 heavy (non-hydrogen) atoms. The Kier molecular flexibility index (Phi) is 8.85. The van der Waals surface area contributed by atoms with Gasteiger partial charge in [0, 0.05) is 13.0 Å². The Morgan fingerprint density at radius 1 is 1.36 bits per heavy atom. The van der Waals surface area contributed by atoms with Crippen LogP contribution in [0.5, 0.6) is 5.75 Å². The van der Waals surface area contributed by atoms with Crippen molar-refractivity contribution in [3.05, 3.63) is 23.0 Å². The van der Waals surface area contributed by atoms with Crippen molar-refractivity contribution >= 4 is 33.5 Å². The minimum absolute atomic E-state index is 0.0192. The smallest absolute Gasteiger partial charge is 0.296 e. The van der Waals surface area contributed by atoms with E-state index in [-0.39, 0.29) is 39.7 Å². The van der Waals surface area contributed by atoms with Crippen molar-refractivity contribution in [2.45, 2.75) is 64.0 Å². The van der Waals surface area contributed by atoms with E-state index in [4.69, 9.17) is 9.84 Å². The zero-order chi connectivity index (χ0) is 20.7. The normalized spacial score (nSPS) is 16.5. The lowest BCUT2D eigenvalue weighted by atomic mass is 9.98. The Balaban J connectivity index is 0.000000345. The molecule has 0 radical (unpaired) electrons. The molecule has 0 saturated heterocycles. The highest BCUT2D eigenvalue weighted by Crippen LogP contribution is 2.38. The van der Waals surface area contributed by atoms with Crippen LogP contribution < -0.4 is 9.46 Å². The van der Waals surface area contributed by atoms with Gasteiger partial charge in [0.15, 0.2) is 16.6 Å². The number of nitrogens with zero attached hydrogens (tertiary/aromatic N) is 1. The van der Waals surface area contributed by atoms with Crippen molar-refractivity contribution in [2.24, 2.45) is 0 Å². The molecule has 2 N–H and O–H groups in total. The van der Waals surface area contributed by atoms with E-state index in [1.54, 1.807) is 6.07 Å². The lowest BCUT2D eigenvalue weighted by molar-refractivity contribution is 0.0174. The van der Waals surface area contributed by atoms with Gasteiger partial charge in [0.25, 0.3) is 5.92 Å². The molecule has 158 valence electrons. The molecule has 0 spiro atoms. The van der Waals surface area contributed by atoms with Gasteiger partial charge in [0.2, 0.25) is 0 Å². The number of aromatic nitrogens is 1. The second-order valence-electron chi connectivity index (χ2n) is 6.92. The number of halogens is 3. The van der Waals surface area contributed by atoms with Crippen LogP contribution in [-0.4, -0.2) is 35.1 Å². The Hall–Kier alpha value is -1.03. The molecule has 1 aliphatic rings. The molecule has 0 bridgehead atoms. The van der Waals surface area contributed by atoms with Crippen LogP contribution in [0.1, 0.15) is 51.0 Å². The molecule has 1 saturated carbocycles. The zero-order valence-electron chi connectivity index (χ0n) is 16.3. The number of benzene rings is 1. The van der Waals surface area contributed by atoms with Crippen LogP contribution in [0.3, 0.4) is 0 Å². The third-order valence-electron chi connectivity index (χ3n) is 4.28. The summed E-state index contributed by atoms with van der Waals surface area (Å²) >= 11 is 2.22. The molecule has 9 heteroatoms. The standard InChI is InChI=1S/C15H16F3NOS.C4H11NOS/c1-15(17,18)14-19-10-7-8-11(12(16)13(10)21-14)20-9-5-3-2-4-6-9;1-4(3-6)5-7-2/h7-9H,2-6H2,1H3;4-6H,3H2,1-2H3. The third-order valence-corrected chi connectivity index (χ3v) is 6.15. The van der Waals surface area contributed by atoms with Gasteiger partial charge in [0.05, 0.1) is 22.9 Å². The summed E-state index contributed by atoms with van der Waals surface area (Å²) in [6.07, 6.45) is 7.14. The molecular formula is C19H27F3N2O2S2. The monoisotopic (exact) mass is 436 g/mol. The molecule has 1 heterocycles. The number of aliphatic hydroxyl groups is 1. The zero-order valence-corrected chi connectivity index (χ0v) is 17.9. The number of rotatable bonds is 6. The third kappa shape index (κ3) is 6.50. The average Bonchev–Trinajstić information content (AvgIpc) is 3.11. The number of hydrogen-bond acceptors (Lipinski definition) is 6. The molecule has 0 aliphatic heterocycles. The van der Waals surface area contributed by atoms with Gasteiger partial charge < -0.3 is 9.84 Å². The highest BCUT2D eigenvalue weighted by molar-refractivity contribution is 7.96. The van der Waals surface area contributed by atoms with E-state index in [9.17, 15) is 13.2 Å². The summed E-state index contributed by atoms with van der Waals surface area (Å²) in [5.74, 6) is -3.49. The number of aliphatic hydroxyl groups excluding tert-OH is 1. The Labute approximate surface area is 172 Å². The SMILES string of the molecule is CC(F)(F)c1nc2ccc(OC3CCCCC3)c(F)c2s1.CSNC(C)CO. The van der Waals surface area contributed by atoms with Crippen LogP contribution in [0, 0.1) is 5.82 Å². The number of ether oxygens (including phenoxy) is 1. The van der Waals surface area contributed by atoms with Crippen molar-refractivity contribution < 1.29 is 23.0 Å². The summed E-state index contributed by atoms with van der Waals surface area (Å²) < 4.78 is 49.8. The fraction of sp³-hybridized carbons (Fsp3) is 0.632. The van der Waals surface area contributed by atoms with E-state index in [2.05, 4.69) is 9.71 Å². The molecule has 1 unspecified atom stereocenters. The minimum Gasteiger partial charge on any atom is -0.487 e. The lowest BCUT2D eigenvalue weighted by Crippen LogP contribution is -2.22. The van der Waals surface area contributed by atoms with Crippen LogP contribution in [0.15, 0.2) is 12.1 Å². The predicted molar refractivity (Wildman–Crippen MR) is 110 cm³/mol. The topological polar surface area (TPSA) is 54.4 Å². The quantitative estimate of drug-likeness (QED) is 0.586. The maximum Gasteiger partial charge on any atom is 0.296 e. The van der Waals surface area contributed by atoms with Gasteiger partial charge in [-0.2, -0.15) is 8.78 Å². The Morgan fingerprint density at radius 2 is 2.04 bits per heavy atom. The second-order valence-corrected chi connectivity index (χ2v) is 8.56. The van der Waals surface area contributed by atoms with Crippen LogP contribution in [0.2, 0.25) is 0 Å². The molecule has 1 aliphatic carbocycles. The van der Waals surface area contributed by atoms with E-state index < -0.39 is 11.7 Å². The van der Waals surface area contributed by atoms with Crippen molar-refractivity contribution in [3.8, 4) is 5.75 Å². The number of fused-ring (bicyclic) bond motifs is 1. The molecule has 4 nitrogen and oxygen atoms in total. The first-order valence-corrected chi connectivity index (χ1v) is 11.3. The lowest BCUT2D eigenvalue weighted by Gasteiger charge is -2.23. The molecule has 3 rings (SSSR count). The number of hydrogen-bond donors (Lipinski definition) is 2. The number of thiazole rings is 1. The molecule has 2 aromatic rings. The maximum atomic E-state index is 14.4. The molecule has 1 aromatic carbocycles. The number of alkyl halides is 2. The summed E-state index contributed by atoms with van der Waals surface area (Å²) in [6.45, 7) is 2.90. The largest absolute Gasteiger partial charge is 0.487 e. The van der Waals surface area contributed by atoms with Crippen LogP contribution >= 0.6 is 23.3 Å². The average molecular weight is 437 g/mol. The summed E-state index contributed by atoms with van der Waals surface area (Å²) in [5, 5.41) is 8.02. The van der Waals surface area contributed by atoms with Gasteiger partial charge in [-0.15, -0.1) is 11.3 Å². The molecular weight excluding hydrogens is 409 g/mol. The molecule has 0 amide bonds. The first-order valence-electron chi connectivity index (χ1n) is 9.29. The highest BCUT2D eigenvalue weighted by atomic mass is 32.2. The van der Waals surface area contributed by atoms with Gasteiger partial charge in [-0.25, -0.2) is 9.37 Å². The second kappa shape index (κ2) is 10.7. The van der Waals surface area contributed by atoms with Crippen LogP contribution in [0.4, 0.5) is 13.2 Å². The summed E-state index contributed by atoms with van der Waals surface area (Å²) in [4.78, 5) is 3.81. The molecule has 1 fully saturated rings. The Morgan fingerprint density at radius 3 is 2.57 bits per heavy atom. The van der Waals surface area contributed by atoms with E-state index >= 15 is 0 Å². The van der Waals surface area contributed by atoms with Crippen molar-refractivity contribution in [1.82, 2.24) is 9.71 Å². The molecule has 1 atom stereocenters. The van der Waals surface area contributed by atoms with Gasteiger partial charge in [-0.1, -0.05) is 18.4 Å². The van der Waals surface area contributed by atoms with Gasteiger partial charge >= 0.3 is 0 Å². The number of nitrogens with one attached hydrogen (secondary N) is 1. The van der Waals surface area contributed by atoms with Gasteiger partial charge in [-0.05, 0) is 51.0 Å². The predicted octanol–water partition coefficient (Wildman–Crippen LogP) is 5.49. The van der Waals surface area contributed by atoms with Crippen molar-refractivity contribution in [3.63, 3.8) is 0 Å². The maximum absolute atomic E-state index is 14.4. The van der Waals surface area contributed by atoms with E-state index in [1.807, 2.05) is 13.2 Å². The van der Waals surface area contributed by atoms with Crippen molar-refractivity contribution in [1.29, 1.82) is 0 Å². The first-order chi connectivity index (χ1) is 13.3. The van der Waals surface area contributed by atoms with Gasteiger partial charge in [-0.3, -0.25) is 4.72 Å². The fourth-order valence-electron chi connectivity index (χ4n) is 2.82. The summed E-state index contributed by atoms with van der Waals surface area (Å²) in [6, 6.07) is 3.25. The van der Waals surface area contributed by atoms with Gasteiger partial charge in [0.1, 0.15) is 0 Å². The van der Waals surface area contributed by atoms with Crippen molar-refractivity contribution in [2.75, 3.05) is 12.9 Å². The summed E-state index contributed by atoms with van der Waals surface area (Å²) in [7, 11) is 0. The van der Waals surface area contributed by atoms with E-state index in [0.717, 1.165) is 32.6 Å². The highest BCUT2D eigenvalue weighted by Gasteiger charge is 2.30. The molecule has 1 aromatic heterocycles.